The molecule has 6 heterocycles. The molecule has 1 aromatic heterocycles. The van der Waals surface area contributed by atoms with Crippen molar-refractivity contribution in [2.75, 3.05) is 89.0 Å². The number of aliphatic hydroxyl groups excluding tert-OH is 8. The first kappa shape index (κ1) is 75.7. The number of aliphatic hydroxyl groups is 8. The zero-order valence-corrected chi connectivity index (χ0v) is 56.9. The minimum Gasteiger partial charge on any atom is -0.504 e. The van der Waals surface area contributed by atoms with Crippen molar-refractivity contribution in [3.8, 4) is 22.1 Å². The summed E-state index contributed by atoms with van der Waals surface area (Å²) in [5, 5.41) is 126. The zero-order valence-electron chi connectivity index (χ0n) is 55.3. The molecule has 0 radical (unpaired) electrons. The van der Waals surface area contributed by atoms with E-state index in [-0.39, 0.29) is 36.7 Å². The molecule has 0 spiro atoms. The molecule has 6 aliphatic rings. The number of anilines is 2. The van der Waals surface area contributed by atoms with Gasteiger partial charge in [-0.3, -0.25) is 33.3 Å². The van der Waals surface area contributed by atoms with E-state index >= 15 is 0 Å². The topological polar surface area (TPSA) is 468 Å². The molecule has 13 atom stereocenters. The summed E-state index contributed by atoms with van der Waals surface area (Å²) in [4.78, 5) is 94.6. The third-order valence-corrected chi connectivity index (χ3v) is 21.6. The van der Waals surface area contributed by atoms with E-state index in [1.54, 1.807) is 0 Å². The van der Waals surface area contributed by atoms with Gasteiger partial charge in [0.25, 0.3) is 0 Å². The Kier molecular flexibility index (Phi) is 26.1. The van der Waals surface area contributed by atoms with Gasteiger partial charge in [-0.1, -0.05) is 43.6 Å². The van der Waals surface area contributed by atoms with E-state index in [1.807, 2.05) is 7.11 Å². The largest absolute Gasteiger partial charge is 0.504 e. The molecule has 6 fully saturated rings. The molecule has 0 bridgehead atoms. The summed E-state index contributed by atoms with van der Waals surface area (Å²) < 4.78 is 43.4. The van der Waals surface area contributed by atoms with Gasteiger partial charge in [0.15, 0.2) is 11.5 Å². The van der Waals surface area contributed by atoms with E-state index in [1.165, 1.54) is 57.3 Å². The summed E-state index contributed by atoms with van der Waals surface area (Å²) in [6.07, 6.45) is -2.72. The van der Waals surface area contributed by atoms with Crippen molar-refractivity contribution in [2.24, 2.45) is 17.8 Å². The summed E-state index contributed by atoms with van der Waals surface area (Å²) in [5.74, 6) is -8.61. The Morgan fingerprint density at radius 2 is 1.42 bits per heavy atom. The van der Waals surface area contributed by atoms with Gasteiger partial charge in [-0.25, -0.2) is 0 Å². The van der Waals surface area contributed by atoms with E-state index in [2.05, 4.69) is 80.3 Å². The highest BCUT2D eigenvalue weighted by Gasteiger charge is 2.50. The van der Waals surface area contributed by atoms with Crippen LogP contribution in [0.4, 0.5) is 10.8 Å². The molecule has 1 unspecified atom stereocenters. The van der Waals surface area contributed by atoms with Crippen molar-refractivity contribution < 1.29 is 96.6 Å². The van der Waals surface area contributed by atoms with Gasteiger partial charge in [0.05, 0.1) is 67.5 Å². The Bertz CT molecular complexity index is 3310. The lowest BCUT2D eigenvalue weighted by atomic mass is 9.72. The standard InChI is InChI=1S/C64H96N12O20S2/c1-35-31-76-54(55(35)85)59(89)67-30-43(80)27-45(66-29-37-16-21-74(22-17-37)63-72-71-60(97-63)39-10-12-42(13-11-39)73-23-18-64(95-3,19-24-73)40-7-5-4-6-8-40)56(86)68-51(36(2)79)61(90)75-32-44(81)28-46(75)57(87)69-52(49(84)25-38-9-14-47(82)50(26-38)96-98(92,93)94)58(88)70-53(62(76)91)48(83)15-20-65-41(33-77)34-78/h9-14,26,35-37,40-41,43-46,48-49,51-55,65-66,77-85H,4-8,15-25,27-34H2,1-3H3,(H,67,89)(H,68,86)(H,69,87)(H,70,88)(H,92,93,94)/t35-,36+,43+,44+,45?,46-,48+,49+,51-,52-,53-,54-,55-/m0/s1. The summed E-state index contributed by atoms with van der Waals surface area (Å²) in [7, 11) is -3.35. The number of aromatic hydroxyl groups is 1. The minimum absolute atomic E-state index is 0.0422. The average Bonchev–Trinajstić information content (AvgIpc) is 1.55. The Hall–Kier alpha value is -6.51. The van der Waals surface area contributed by atoms with Crippen LogP contribution in [0, 0.1) is 17.8 Å². The molecule has 1 aliphatic carbocycles. The van der Waals surface area contributed by atoms with Gasteiger partial charge in [-0.15, -0.1) is 10.2 Å². The third kappa shape index (κ3) is 18.7. The molecular weight excluding hydrogens is 1320 g/mol. The van der Waals surface area contributed by atoms with Crippen LogP contribution < -0.4 is 45.9 Å². The number of methoxy groups -OCH3 is 1. The molecule has 5 aliphatic heterocycles. The second kappa shape index (κ2) is 33.8. The number of hydrogen-bond acceptors (Lipinski definition) is 26. The molecule has 9 rings (SSSR count). The predicted octanol–water partition coefficient (Wildman–Crippen LogP) is -2.98. The number of benzene rings is 2. The minimum atomic E-state index is -5.22. The lowest BCUT2D eigenvalue weighted by molar-refractivity contribution is -0.147. The summed E-state index contributed by atoms with van der Waals surface area (Å²) in [6, 6.07) is -0.422. The number of β-amino-alcohol motifs (C(OH)–C–C–N with tert-alkyl or cyclic N) is 1. The fourth-order valence-corrected chi connectivity index (χ4v) is 15.7. The molecule has 3 aromatic rings. The smallest absolute Gasteiger partial charge is 0.446 e. The predicted molar refractivity (Wildman–Crippen MR) is 354 cm³/mol. The Morgan fingerprint density at radius 3 is 2.07 bits per heavy atom. The van der Waals surface area contributed by atoms with Gasteiger partial charge in [-0.2, -0.15) is 8.42 Å². The number of carbonyl (C=O) groups is 6. The van der Waals surface area contributed by atoms with Crippen LogP contribution in [0.25, 0.3) is 10.6 Å². The number of carbonyl (C=O) groups excluding carboxylic acids is 6. The quantitative estimate of drug-likeness (QED) is 0.0473. The summed E-state index contributed by atoms with van der Waals surface area (Å²) in [6.45, 7) is 3.15. The Morgan fingerprint density at radius 1 is 0.755 bits per heavy atom. The highest BCUT2D eigenvalue weighted by atomic mass is 32.3. The number of phenols is 1. The Balaban J connectivity index is 0.929. The number of nitrogens with zero attached hydrogens (tertiary/aromatic N) is 6. The second-order valence-electron chi connectivity index (χ2n) is 27.0. The van der Waals surface area contributed by atoms with Crippen molar-refractivity contribution in [3.63, 3.8) is 0 Å². The van der Waals surface area contributed by atoms with E-state index < -0.39 is 194 Å². The van der Waals surface area contributed by atoms with Crippen LogP contribution in [-0.2, 0) is 50.3 Å². The first-order valence-electron chi connectivity index (χ1n) is 33.7. The number of fused-ring (bicyclic) bond motifs is 2. The molecule has 6 amide bonds. The van der Waals surface area contributed by atoms with Crippen molar-refractivity contribution >= 4 is 68.0 Å². The van der Waals surface area contributed by atoms with Gasteiger partial charge in [-0.05, 0) is 125 Å². The van der Waals surface area contributed by atoms with Crippen molar-refractivity contribution in [1.29, 1.82) is 0 Å². The molecule has 98 heavy (non-hydrogen) atoms. The third-order valence-electron chi connectivity index (χ3n) is 20.2. The molecular formula is C64H96N12O20S2. The first-order valence-corrected chi connectivity index (χ1v) is 35.9. The van der Waals surface area contributed by atoms with E-state index in [9.17, 15) is 87.7 Å². The molecule has 34 heteroatoms. The van der Waals surface area contributed by atoms with Crippen LogP contribution in [-0.4, -0.2) is 278 Å². The second-order valence-corrected chi connectivity index (χ2v) is 29.0. The van der Waals surface area contributed by atoms with Crippen molar-refractivity contribution in [1.82, 2.24) is 51.9 Å². The first-order chi connectivity index (χ1) is 46.7. The number of amides is 6. The Labute approximate surface area is 572 Å². The maximum atomic E-state index is 15.0. The number of aromatic nitrogens is 2. The SMILES string of the molecule is COC1(C2CCCCC2)CCN(c2ccc(-c3nnc(N4CCC(CNC5C[C@@H](O)CNC(=O)[C@@H]6[C@@H](O)[C@@H](C)CN6C(=O)[C@H]([C@H](O)CCNC(CO)CO)NC(=O)[C@H]([C@H](O)Cc6ccc(O)c(OS(=O)(=O)O)c6)NC(=O)[C@@H]6C[C@@H](O)CN6C(=O)[C@H]([C@@H](C)O)NC5=O)CC4)s3)cc2)CC1. The van der Waals surface area contributed by atoms with Crippen LogP contribution in [0.15, 0.2) is 42.5 Å². The molecule has 16 N–H and O–H groups in total. The fraction of sp³-hybridized carbons (Fsp3) is 0.688. The van der Waals surface area contributed by atoms with Gasteiger partial charge < -0.3 is 106 Å². The normalized spacial score (nSPS) is 28.1. The van der Waals surface area contributed by atoms with Crippen LogP contribution in [0.2, 0.25) is 0 Å². The molecule has 32 nitrogen and oxygen atoms in total. The lowest BCUT2D eigenvalue weighted by Crippen LogP contribution is -2.64. The average molecular weight is 1420 g/mol. The maximum Gasteiger partial charge on any atom is 0.446 e. The van der Waals surface area contributed by atoms with Gasteiger partial charge in [0.2, 0.25) is 40.6 Å². The molecule has 5 saturated heterocycles. The van der Waals surface area contributed by atoms with E-state index in [0.717, 1.165) is 75.3 Å². The number of hydrogen-bond donors (Lipinski definition) is 16. The van der Waals surface area contributed by atoms with Crippen LogP contribution in [0.1, 0.15) is 96.5 Å². The highest BCUT2D eigenvalue weighted by Crippen LogP contribution is 2.43. The van der Waals surface area contributed by atoms with Crippen LogP contribution in [0.3, 0.4) is 0 Å². The molecule has 2 aromatic carbocycles. The van der Waals surface area contributed by atoms with Crippen LogP contribution >= 0.6 is 11.3 Å². The molecule has 1 saturated carbocycles. The van der Waals surface area contributed by atoms with Crippen molar-refractivity contribution in [3.05, 3.63) is 48.0 Å². The summed E-state index contributed by atoms with van der Waals surface area (Å²) in [5.41, 5.74) is 1.94. The van der Waals surface area contributed by atoms with E-state index in [4.69, 9.17) is 4.74 Å². The number of piperidine rings is 2. The van der Waals surface area contributed by atoms with Crippen LogP contribution in [0.5, 0.6) is 11.5 Å². The van der Waals surface area contributed by atoms with E-state index in [0.29, 0.717) is 31.8 Å². The van der Waals surface area contributed by atoms with Gasteiger partial charge in [0.1, 0.15) is 35.2 Å². The summed E-state index contributed by atoms with van der Waals surface area (Å²) >= 11 is 1.48. The number of nitrogens with one attached hydrogen (secondary N) is 6. The monoisotopic (exact) mass is 1420 g/mol. The lowest BCUT2D eigenvalue weighted by Gasteiger charge is -2.47. The maximum absolute atomic E-state index is 15.0. The fourth-order valence-electron chi connectivity index (χ4n) is 14.4. The van der Waals surface area contributed by atoms with Crippen molar-refractivity contribution in [2.45, 2.75) is 182 Å². The number of ether oxygens (including phenoxy) is 1. The zero-order chi connectivity index (χ0) is 70.8. The highest BCUT2D eigenvalue weighted by molar-refractivity contribution is 7.81. The number of phenolic OH excluding ortho intramolecular Hbond substituents is 1. The molecule has 544 valence electrons. The number of rotatable bonds is 21. The van der Waals surface area contributed by atoms with Gasteiger partial charge in [0, 0.05) is 82.9 Å². The van der Waals surface area contributed by atoms with Gasteiger partial charge >= 0.3 is 10.4 Å².